The monoisotopic (exact) mass is 204 g/mol. The summed E-state index contributed by atoms with van der Waals surface area (Å²) in [5, 5.41) is 0. The molecular weight excluding hydrogens is 193 g/mol. The quantitative estimate of drug-likeness (QED) is 0.763. The number of rotatable bonds is 1. The van der Waals surface area contributed by atoms with Crippen molar-refractivity contribution in [2.75, 3.05) is 5.73 Å². The Morgan fingerprint density at radius 2 is 1.93 bits per heavy atom. The third-order valence-corrected chi connectivity index (χ3v) is 1.90. The molecule has 0 saturated carbocycles. The molecule has 0 saturated heterocycles. The lowest BCUT2D eigenvalue weighted by Crippen LogP contribution is -2.09. The van der Waals surface area contributed by atoms with E-state index in [1.807, 2.05) is 0 Å². The van der Waals surface area contributed by atoms with E-state index >= 15 is 0 Å². The van der Waals surface area contributed by atoms with E-state index in [0.29, 0.717) is 5.56 Å². The van der Waals surface area contributed by atoms with Gasteiger partial charge in [0.15, 0.2) is 0 Å². The molecule has 0 atom stereocenters. The Balaban J connectivity index is 3.20. The van der Waals surface area contributed by atoms with Crippen LogP contribution in [0.15, 0.2) is 12.3 Å². The number of anilines is 1. The Morgan fingerprint density at radius 1 is 1.36 bits per heavy atom. The van der Waals surface area contributed by atoms with Crippen molar-refractivity contribution < 1.29 is 13.2 Å². The first-order chi connectivity index (χ1) is 6.32. The Morgan fingerprint density at radius 3 is 2.36 bits per heavy atom. The predicted molar refractivity (Wildman–Crippen MR) is 47.7 cm³/mol. The van der Waals surface area contributed by atoms with Crippen LogP contribution < -0.4 is 5.73 Å². The van der Waals surface area contributed by atoms with E-state index in [9.17, 15) is 13.2 Å². The minimum Gasteiger partial charge on any atom is -0.383 e. The summed E-state index contributed by atoms with van der Waals surface area (Å²) in [5.74, 6) is 0.0952. The number of nitrogens with two attached hydrogens (primary N) is 1. The van der Waals surface area contributed by atoms with E-state index in [4.69, 9.17) is 5.73 Å². The van der Waals surface area contributed by atoms with Crippen LogP contribution in [0, 0.1) is 0 Å². The molecule has 0 bridgehead atoms. The van der Waals surface area contributed by atoms with Gasteiger partial charge in [0.1, 0.15) is 5.82 Å². The standard InChI is InChI=1S/C9H11F3N2/c1-5(2)7-3-6(9(10,11)12)4-14-8(7)13/h3-5H,1-2H3,(H2,13,14). The van der Waals surface area contributed by atoms with Crippen LogP contribution >= 0.6 is 0 Å². The van der Waals surface area contributed by atoms with Crippen molar-refractivity contribution in [3.8, 4) is 0 Å². The minimum atomic E-state index is -4.36. The zero-order valence-electron chi connectivity index (χ0n) is 7.89. The van der Waals surface area contributed by atoms with Crippen LogP contribution in [-0.2, 0) is 6.18 Å². The lowest BCUT2D eigenvalue weighted by molar-refractivity contribution is -0.137. The summed E-state index contributed by atoms with van der Waals surface area (Å²) in [7, 11) is 0. The molecular formula is C9H11F3N2. The first-order valence-corrected chi connectivity index (χ1v) is 4.15. The lowest BCUT2D eigenvalue weighted by atomic mass is 10.0. The molecule has 78 valence electrons. The highest BCUT2D eigenvalue weighted by Crippen LogP contribution is 2.31. The maximum atomic E-state index is 12.3. The number of aromatic nitrogens is 1. The maximum absolute atomic E-state index is 12.3. The van der Waals surface area contributed by atoms with Gasteiger partial charge < -0.3 is 5.73 Å². The van der Waals surface area contributed by atoms with E-state index in [0.717, 1.165) is 12.3 Å². The normalized spacial score (nSPS) is 12.1. The topological polar surface area (TPSA) is 38.9 Å². The highest BCUT2D eigenvalue weighted by Gasteiger charge is 2.31. The Kier molecular flexibility index (Phi) is 2.69. The van der Waals surface area contributed by atoms with Crippen molar-refractivity contribution in [1.82, 2.24) is 4.98 Å². The van der Waals surface area contributed by atoms with Crippen molar-refractivity contribution in [3.05, 3.63) is 23.4 Å². The maximum Gasteiger partial charge on any atom is 0.417 e. The van der Waals surface area contributed by atoms with Gasteiger partial charge in [-0.05, 0) is 17.5 Å². The molecule has 0 aliphatic carbocycles. The molecule has 1 aromatic heterocycles. The molecule has 1 heterocycles. The second kappa shape index (κ2) is 3.48. The van der Waals surface area contributed by atoms with Crippen molar-refractivity contribution in [2.24, 2.45) is 0 Å². The van der Waals surface area contributed by atoms with Gasteiger partial charge in [-0.1, -0.05) is 13.8 Å². The first-order valence-electron chi connectivity index (χ1n) is 4.15. The van der Waals surface area contributed by atoms with Gasteiger partial charge in [0.05, 0.1) is 5.56 Å². The zero-order valence-corrected chi connectivity index (χ0v) is 7.89. The van der Waals surface area contributed by atoms with Gasteiger partial charge in [0, 0.05) is 6.20 Å². The molecule has 0 aliphatic rings. The van der Waals surface area contributed by atoms with Crippen LogP contribution in [0.5, 0.6) is 0 Å². The third kappa shape index (κ3) is 2.16. The minimum absolute atomic E-state index is 0.0650. The van der Waals surface area contributed by atoms with Gasteiger partial charge in [0.2, 0.25) is 0 Å². The predicted octanol–water partition coefficient (Wildman–Crippen LogP) is 2.81. The van der Waals surface area contributed by atoms with Crippen molar-refractivity contribution in [2.45, 2.75) is 25.9 Å². The highest BCUT2D eigenvalue weighted by molar-refractivity contribution is 5.43. The zero-order chi connectivity index (χ0) is 10.9. The van der Waals surface area contributed by atoms with Crippen LogP contribution in [0.4, 0.5) is 19.0 Å². The van der Waals surface area contributed by atoms with E-state index in [1.54, 1.807) is 13.8 Å². The number of pyridine rings is 1. The van der Waals surface area contributed by atoms with Crippen molar-refractivity contribution in [3.63, 3.8) is 0 Å². The second-order valence-corrected chi connectivity index (χ2v) is 3.35. The molecule has 0 unspecified atom stereocenters. The summed E-state index contributed by atoms with van der Waals surface area (Å²) >= 11 is 0. The van der Waals surface area contributed by atoms with Crippen molar-refractivity contribution >= 4 is 5.82 Å². The van der Waals surface area contributed by atoms with Gasteiger partial charge in [-0.25, -0.2) is 4.98 Å². The number of halogens is 3. The molecule has 0 aliphatic heterocycles. The molecule has 5 heteroatoms. The largest absolute Gasteiger partial charge is 0.417 e. The van der Waals surface area contributed by atoms with Crippen LogP contribution in [0.25, 0.3) is 0 Å². The summed E-state index contributed by atoms with van der Waals surface area (Å²) in [5.41, 5.74) is 5.13. The summed E-state index contributed by atoms with van der Waals surface area (Å²) in [4.78, 5) is 3.52. The fourth-order valence-corrected chi connectivity index (χ4v) is 1.11. The molecule has 0 aromatic carbocycles. The number of hydrogen-bond acceptors (Lipinski definition) is 2. The molecule has 0 fully saturated rings. The number of alkyl halides is 3. The average molecular weight is 204 g/mol. The average Bonchev–Trinajstić information content (AvgIpc) is 2.02. The van der Waals surface area contributed by atoms with Gasteiger partial charge in [0.25, 0.3) is 0 Å². The summed E-state index contributed by atoms with van der Waals surface area (Å²) in [6.07, 6.45) is -3.61. The highest BCUT2D eigenvalue weighted by atomic mass is 19.4. The smallest absolute Gasteiger partial charge is 0.383 e. The second-order valence-electron chi connectivity index (χ2n) is 3.35. The van der Waals surface area contributed by atoms with Crippen LogP contribution in [0.2, 0.25) is 0 Å². The molecule has 1 aromatic rings. The number of nitrogen functional groups attached to an aromatic ring is 1. The molecule has 0 radical (unpaired) electrons. The fraction of sp³-hybridized carbons (Fsp3) is 0.444. The van der Waals surface area contributed by atoms with Crippen LogP contribution in [0.3, 0.4) is 0 Å². The Labute approximate surface area is 79.9 Å². The summed E-state index contributed by atoms with van der Waals surface area (Å²) < 4.78 is 36.8. The molecule has 2 N–H and O–H groups in total. The number of hydrogen-bond donors (Lipinski definition) is 1. The third-order valence-electron chi connectivity index (χ3n) is 1.90. The summed E-state index contributed by atoms with van der Waals surface area (Å²) in [6, 6.07) is 1.05. The lowest BCUT2D eigenvalue weighted by Gasteiger charge is -2.12. The van der Waals surface area contributed by atoms with Gasteiger partial charge in [-0.15, -0.1) is 0 Å². The summed E-state index contributed by atoms with van der Waals surface area (Å²) in [6.45, 7) is 3.54. The van der Waals surface area contributed by atoms with E-state index < -0.39 is 11.7 Å². The Bertz CT molecular complexity index is 331. The molecule has 1 rings (SSSR count). The van der Waals surface area contributed by atoms with Crippen molar-refractivity contribution in [1.29, 1.82) is 0 Å². The number of nitrogens with zero attached hydrogens (tertiary/aromatic N) is 1. The van der Waals surface area contributed by atoms with E-state index in [-0.39, 0.29) is 11.7 Å². The van der Waals surface area contributed by atoms with Gasteiger partial charge in [-0.2, -0.15) is 13.2 Å². The fourth-order valence-electron chi connectivity index (χ4n) is 1.11. The molecule has 2 nitrogen and oxygen atoms in total. The Hall–Kier alpha value is -1.26. The van der Waals surface area contributed by atoms with E-state index in [1.165, 1.54) is 0 Å². The molecule has 0 spiro atoms. The molecule has 14 heavy (non-hydrogen) atoms. The van der Waals surface area contributed by atoms with Gasteiger partial charge in [-0.3, -0.25) is 0 Å². The van der Waals surface area contributed by atoms with Gasteiger partial charge >= 0.3 is 6.18 Å². The first kappa shape index (κ1) is 10.8. The molecule has 0 amide bonds. The van der Waals surface area contributed by atoms with E-state index in [2.05, 4.69) is 4.98 Å². The van der Waals surface area contributed by atoms with Crippen LogP contribution in [-0.4, -0.2) is 4.98 Å². The van der Waals surface area contributed by atoms with Crippen LogP contribution in [0.1, 0.15) is 30.9 Å². The SMILES string of the molecule is CC(C)c1cc(C(F)(F)F)cnc1N.